The molecule has 10 heteroatoms. The predicted molar refractivity (Wildman–Crippen MR) is 125 cm³/mol. The van der Waals surface area contributed by atoms with Crippen molar-refractivity contribution >= 4 is 15.9 Å². The number of nitrogens with one attached hydrogen (secondary N) is 2. The van der Waals surface area contributed by atoms with Crippen LogP contribution >= 0.6 is 0 Å². The summed E-state index contributed by atoms with van der Waals surface area (Å²) in [6.45, 7) is 3.73. The maximum absolute atomic E-state index is 14.3. The zero-order valence-corrected chi connectivity index (χ0v) is 19.9. The molecule has 0 unspecified atom stereocenters. The largest absolute Gasteiger partial charge is 0.493 e. The van der Waals surface area contributed by atoms with Gasteiger partial charge in [0.2, 0.25) is 10.0 Å². The molecule has 0 aliphatic carbocycles. The lowest BCUT2D eigenvalue weighted by Gasteiger charge is -2.13. The van der Waals surface area contributed by atoms with Crippen molar-refractivity contribution in [2.45, 2.75) is 37.9 Å². The van der Waals surface area contributed by atoms with E-state index in [4.69, 9.17) is 9.47 Å². The fourth-order valence-corrected chi connectivity index (χ4v) is 4.36. The van der Waals surface area contributed by atoms with E-state index in [9.17, 15) is 17.6 Å². The van der Waals surface area contributed by atoms with Gasteiger partial charge >= 0.3 is 0 Å². The number of hydrogen-bond donors (Lipinski definition) is 2. The van der Waals surface area contributed by atoms with Crippen LogP contribution in [0.2, 0.25) is 0 Å². The molecule has 0 aliphatic heterocycles. The Hall–Kier alpha value is -3.50. The van der Waals surface area contributed by atoms with Crippen molar-refractivity contribution in [3.05, 3.63) is 83.4 Å². The lowest BCUT2D eigenvalue weighted by molar-refractivity contribution is 0.0946. The maximum atomic E-state index is 14.3. The van der Waals surface area contributed by atoms with E-state index in [1.165, 1.54) is 7.11 Å². The molecule has 1 heterocycles. The van der Waals surface area contributed by atoms with Crippen LogP contribution in [0.25, 0.3) is 0 Å². The van der Waals surface area contributed by atoms with Crippen LogP contribution in [0.5, 0.6) is 11.5 Å². The molecule has 0 aliphatic rings. The molecular formula is C24H26FN3O5S. The Morgan fingerprint density at radius 3 is 2.44 bits per heavy atom. The number of pyridine rings is 1. The highest BCUT2D eigenvalue weighted by molar-refractivity contribution is 7.89. The second-order valence-corrected chi connectivity index (χ2v) is 9.44. The minimum absolute atomic E-state index is 0.0699. The third kappa shape index (κ3) is 6.52. The number of hydrogen-bond acceptors (Lipinski definition) is 6. The Balaban J connectivity index is 1.69. The van der Waals surface area contributed by atoms with Gasteiger partial charge in [0, 0.05) is 25.0 Å². The van der Waals surface area contributed by atoms with Gasteiger partial charge in [-0.15, -0.1) is 0 Å². The Morgan fingerprint density at radius 1 is 1.03 bits per heavy atom. The van der Waals surface area contributed by atoms with Crippen LogP contribution in [0, 0.1) is 5.82 Å². The van der Waals surface area contributed by atoms with E-state index in [0.717, 1.165) is 23.8 Å². The van der Waals surface area contributed by atoms with Crippen molar-refractivity contribution in [3.8, 4) is 11.5 Å². The Bertz CT molecular complexity index is 1250. The third-order valence-electron chi connectivity index (χ3n) is 4.71. The number of sulfonamides is 1. The van der Waals surface area contributed by atoms with Gasteiger partial charge in [-0.3, -0.25) is 9.78 Å². The first-order valence-corrected chi connectivity index (χ1v) is 12.0. The summed E-state index contributed by atoms with van der Waals surface area (Å²) in [5.41, 5.74) is 1.27. The van der Waals surface area contributed by atoms with Crippen molar-refractivity contribution < 1.29 is 27.1 Å². The third-order valence-corrected chi connectivity index (χ3v) is 6.36. The van der Waals surface area contributed by atoms with Crippen molar-refractivity contribution in [1.29, 1.82) is 0 Å². The van der Waals surface area contributed by atoms with E-state index in [-0.39, 0.29) is 23.0 Å². The summed E-state index contributed by atoms with van der Waals surface area (Å²) in [4.78, 5) is 16.4. The summed E-state index contributed by atoms with van der Waals surface area (Å²) in [5.74, 6) is -0.564. The van der Waals surface area contributed by atoms with E-state index >= 15 is 0 Å². The summed E-state index contributed by atoms with van der Waals surface area (Å²) in [6.07, 6.45) is 3.35. The van der Waals surface area contributed by atoms with E-state index in [1.807, 2.05) is 12.1 Å². The number of benzene rings is 2. The van der Waals surface area contributed by atoms with Crippen molar-refractivity contribution in [1.82, 2.24) is 15.0 Å². The molecule has 0 saturated heterocycles. The Morgan fingerprint density at radius 2 is 1.76 bits per heavy atom. The molecule has 0 atom stereocenters. The van der Waals surface area contributed by atoms with Gasteiger partial charge in [-0.2, -0.15) is 0 Å². The lowest BCUT2D eigenvalue weighted by atomic mass is 10.1. The second kappa shape index (κ2) is 11.1. The second-order valence-electron chi connectivity index (χ2n) is 7.73. The molecular weight excluding hydrogens is 461 g/mol. The zero-order valence-electron chi connectivity index (χ0n) is 19.0. The average molecular weight is 488 g/mol. The molecule has 3 rings (SSSR count). The molecule has 2 N–H and O–H groups in total. The summed E-state index contributed by atoms with van der Waals surface area (Å²) in [6, 6.07) is 11.6. The number of halogens is 1. The molecule has 8 nitrogen and oxygen atoms in total. The highest BCUT2D eigenvalue weighted by atomic mass is 32.2. The molecule has 34 heavy (non-hydrogen) atoms. The molecule has 0 saturated carbocycles. The van der Waals surface area contributed by atoms with Gasteiger partial charge in [0.25, 0.3) is 5.91 Å². The van der Waals surface area contributed by atoms with Crippen LogP contribution in [0.1, 0.15) is 35.3 Å². The highest BCUT2D eigenvalue weighted by Crippen LogP contribution is 2.29. The number of methoxy groups -OCH3 is 1. The molecule has 3 aromatic rings. The maximum Gasteiger partial charge on any atom is 0.254 e. The van der Waals surface area contributed by atoms with Crippen LogP contribution < -0.4 is 19.5 Å². The summed E-state index contributed by atoms with van der Waals surface area (Å²) < 4.78 is 52.6. The van der Waals surface area contributed by atoms with E-state index in [2.05, 4.69) is 15.0 Å². The molecule has 0 fully saturated rings. The minimum Gasteiger partial charge on any atom is -0.493 e. The van der Waals surface area contributed by atoms with Crippen molar-refractivity contribution in [3.63, 3.8) is 0 Å². The smallest absolute Gasteiger partial charge is 0.254 e. The molecule has 0 radical (unpaired) electrons. The van der Waals surface area contributed by atoms with Crippen LogP contribution in [0.3, 0.4) is 0 Å². The number of aromatic nitrogens is 1. The van der Waals surface area contributed by atoms with Gasteiger partial charge in [-0.25, -0.2) is 17.5 Å². The summed E-state index contributed by atoms with van der Waals surface area (Å²) >= 11 is 0. The van der Waals surface area contributed by atoms with Gasteiger partial charge in [-0.05, 0) is 67.4 Å². The number of carbonyl (C=O) groups is 1. The molecule has 2 aromatic carbocycles. The molecule has 1 aromatic heterocycles. The number of carbonyl (C=O) groups excluding carboxylic acids is 1. The molecule has 0 bridgehead atoms. The van der Waals surface area contributed by atoms with Crippen LogP contribution in [0.15, 0.2) is 65.8 Å². The number of nitrogens with zero attached hydrogens (tertiary/aromatic N) is 1. The monoisotopic (exact) mass is 487 g/mol. The fourth-order valence-electron chi connectivity index (χ4n) is 3.08. The first-order valence-electron chi connectivity index (χ1n) is 10.5. The normalized spacial score (nSPS) is 11.3. The van der Waals surface area contributed by atoms with E-state index in [1.54, 1.807) is 44.4 Å². The molecule has 1 amide bonds. The minimum atomic E-state index is -3.87. The zero-order chi connectivity index (χ0) is 24.7. The fraction of sp³-hybridized carbons (Fsp3) is 0.250. The van der Waals surface area contributed by atoms with E-state index in [0.29, 0.717) is 23.7 Å². The Labute approximate surface area is 198 Å². The first kappa shape index (κ1) is 25.1. The average Bonchev–Trinajstić information content (AvgIpc) is 2.81. The van der Waals surface area contributed by atoms with E-state index < -0.39 is 21.7 Å². The van der Waals surface area contributed by atoms with Crippen LogP contribution in [0.4, 0.5) is 4.39 Å². The lowest BCUT2D eigenvalue weighted by Crippen LogP contribution is -2.31. The van der Waals surface area contributed by atoms with Gasteiger partial charge in [0.1, 0.15) is 12.4 Å². The molecule has 180 valence electrons. The molecule has 0 spiro atoms. The number of amides is 1. The SMILES string of the molecule is COc1cc(CNC(=O)c2cc(S(=O)(=O)NC(C)C)ccc2F)ccc1OCc1ccncc1. The number of ether oxygens (including phenoxy) is 2. The quantitative estimate of drug-likeness (QED) is 0.454. The summed E-state index contributed by atoms with van der Waals surface area (Å²) in [7, 11) is -2.37. The van der Waals surface area contributed by atoms with Gasteiger partial charge < -0.3 is 14.8 Å². The van der Waals surface area contributed by atoms with Crippen molar-refractivity contribution in [2.24, 2.45) is 0 Å². The van der Waals surface area contributed by atoms with Crippen LogP contribution in [-0.2, 0) is 23.2 Å². The van der Waals surface area contributed by atoms with Crippen molar-refractivity contribution in [2.75, 3.05) is 7.11 Å². The van der Waals surface area contributed by atoms with Crippen LogP contribution in [-0.4, -0.2) is 32.5 Å². The van der Waals surface area contributed by atoms with Gasteiger partial charge in [-0.1, -0.05) is 6.07 Å². The van der Waals surface area contributed by atoms with Gasteiger partial charge in [0.15, 0.2) is 11.5 Å². The first-order chi connectivity index (χ1) is 16.2. The standard InChI is InChI=1S/C24H26FN3O5S/c1-16(2)28-34(30,31)19-5-6-21(25)20(13-19)24(29)27-14-18-4-7-22(23(12-18)32-3)33-15-17-8-10-26-11-9-17/h4-13,16,28H,14-15H2,1-3H3,(H,27,29). The Kier molecular flexibility index (Phi) is 8.19. The predicted octanol–water partition coefficient (Wildman–Crippen LogP) is 3.43. The topological polar surface area (TPSA) is 107 Å². The highest BCUT2D eigenvalue weighted by Gasteiger charge is 2.20. The van der Waals surface area contributed by atoms with Gasteiger partial charge in [0.05, 0.1) is 17.6 Å². The number of rotatable bonds is 10. The summed E-state index contributed by atoms with van der Waals surface area (Å²) in [5, 5.41) is 2.61.